The van der Waals surface area contributed by atoms with Gasteiger partial charge in [-0.05, 0) is 75.2 Å². The van der Waals surface area contributed by atoms with Gasteiger partial charge in [0.1, 0.15) is 23.0 Å². The number of nitrogens with zero attached hydrogens (tertiary/aromatic N) is 2. The SMILES string of the molecule is CC(C)(C)OC(=O)NCCOc1ccc2nc(C(Cc3cccc(C#N)c3)NS(=O)(=O)c3ccccc3)sc2c1. The predicted molar refractivity (Wildman–Crippen MR) is 154 cm³/mol. The first-order chi connectivity index (χ1) is 19.0. The fraction of sp³-hybridized carbons (Fsp3) is 0.276. The second-order valence-corrected chi connectivity index (χ2v) is 12.7. The number of alkyl carbamates (subject to hydrolysis) is 1. The number of fused-ring (bicyclic) bond motifs is 1. The first-order valence-electron chi connectivity index (χ1n) is 12.6. The summed E-state index contributed by atoms with van der Waals surface area (Å²) in [5.41, 5.74) is 1.43. The van der Waals surface area contributed by atoms with Crippen LogP contribution in [0.3, 0.4) is 0 Å². The van der Waals surface area contributed by atoms with E-state index in [1.54, 1.807) is 63.2 Å². The minimum atomic E-state index is -3.84. The molecule has 4 rings (SSSR count). The van der Waals surface area contributed by atoms with Gasteiger partial charge in [-0.15, -0.1) is 11.3 Å². The number of rotatable bonds is 10. The average molecular weight is 579 g/mol. The van der Waals surface area contributed by atoms with Crippen LogP contribution < -0.4 is 14.8 Å². The van der Waals surface area contributed by atoms with Crippen molar-refractivity contribution in [3.8, 4) is 11.8 Å². The van der Waals surface area contributed by atoms with Crippen molar-refractivity contribution in [1.29, 1.82) is 5.26 Å². The standard InChI is InChI=1S/C29H30N4O5S2/c1-29(2,3)38-28(34)31-14-15-37-22-12-13-24-26(18-22)39-27(32-24)25(17-20-8-7-9-21(16-20)19-30)33-40(35,36)23-10-5-4-6-11-23/h4-13,16,18,25,33H,14-15,17H2,1-3H3,(H,31,34). The van der Waals surface area contributed by atoms with Crippen LogP contribution in [-0.4, -0.2) is 38.2 Å². The van der Waals surface area contributed by atoms with E-state index in [2.05, 4.69) is 16.1 Å². The highest BCUT2D eigenvalue weighted by atomic mass is 32.2. The lowest BCUT2D eigenvalue weighted by atomic mass is 10.0. The molecule has 1 atom stereocenters. The monoisotopic (exact) mass is 578 g/mol. The number of aromatic nitrogens is 1. The fourth-order valence-corrected chi connectivity index (χ4v) is 6.18. The smallest absolute Gasteiger partial charge is 0.407 e. The van der Waals surface area contributed by atoms with E-state index in [4.69, 9.17) is 14.5 Å². The average Bonchev–Trinajstić information content (AvgIpc) is 3.34. The number of amides is 1. The van der Waals surface area contributed by atoms with Crippen molar-refractivity contribution in [2.45, 2.75) is 43.7 Å². The van der Waals surface area contributed by atoms with Crippen molar-refractivity contribution in [2.24, 2.45) is 0 Å². The summed E-state index contributed by atoms with van der Waals surface area (Å²) in [6.07, 6.45) is -0.205. The van der Waals surface area contributed by atoms with Crippen molar-refractivity contribution in [3.63, 3.8) is 0 Å². The third kappa shape index (κ3) is 8.02. The maximum absolute atomic E-state index is 13.2. The molecule has 0 aliphatic carbocycles. The Labute approximate surface area is 237 Å². The van der Waals surface area contributed by atoms with Crippen molar-refractivity contribution in [2.75, 3.05) is 13.2 Å². The summed E-state index contributed by atoms with van der Waals surface area (Å²) in [4.78, 5) is 16.7. The van der Waals surface area contributed by atoms with Crippen LogP contribution in [0.15, 0.2) is 77.7 Å². The molecule has 1 heterocycles. The van der Waals surface area contributed by atoms with Gasteiger partial charge in [0, 0.05) is 0 Å². The minimum absolute atomic E-state index is 0.155. The quantitative estimate of drug-likeness (QED) is 0.243. The largest absolute Gasteiger partial charge is 0.492 e. The number of nitrogens with one attached hydrogen (secondary N) is 2. The molecule has 4 aromatic rings. The molecular weight excluding hydrogens is 548 g/mol. The van der Waals surface area contributed by atoms with Crippen LogP contribution in [0, 0.1) is 11.3 Å². The number of carbonyl (C=O) groups excluding carboxylic acids is 1. The van der Waals surface area contributed by atoms with Gasteiger partial charge in [0.25, 0.3) is 0 Å². The second kappa shape index (κ2) is 12.5. The Hall–Kier alpha value is -3.98. The van der Waals surface area contributed by atoms with Crippen LogP contribution in [0.2, 0.25) is 0 Å². The van der Waals surface area contributed by atoms with E-state index in [1.165, 1.54) is 23.5 Å². The van der Waals surface area contributed by atoms with Gasteiger partial charge in [-0.2, -0.15) is 5.26 Å². The Morgan fingerprint density at radius 3 is 2.58 bits per heavy atom. The van der Waals surface area contributed by atoms with Gasteiger partial charge in [0.15, 0.2) is 0 Å². The van der Waals surface area contributed by atoms with Crippen molar-refractivity contribution in [1.82, 2.24) is 15.0 Å². The van der Waals surface area contributed by atoms with Gasteiger partial charge in [-0.1, -0.05) is 30.3 Å². The Morgan fingerprint density at radius 1 is 1.07 bits per heavy atom. The Balaban J connectivity index is 1.53. The Kier molecular flexibility index (Phi) is 9.04. The summed E-state index contributed by atoms with van der Waals surface area (Å²) in [6, 6.07) is 22.1. The van der Waals surface area contributed by atoms with Crippen LogP contribution in [0.4, 0.5) is 4.79 Å². The zero-order valence-corrected chi connectivity index (χ0v) is 24.0. The summed E-state index contributed by atoms with van der Waals surface area (Å²) >= 11 is 1.36. The number of sulfonamides is 1. The van der Waals surface area contributed by atoms with Gasteiger partial charge in [0.2, 0.25) is 10.0 Å². The normalized spacial score (nSPS) is 12.4. The number of hydrogen-bond donors (Lipinski definition) is 2. The molecule has 1 amide bonds. The summed E-state index contributed by atoms with van der Waals surface area (Å²) in [5, 5.41) is 12.5. The third-order valence-electron chi connectivity index (χ3n) is 5.56. The van der Waals surface area contributed by atoms with E-state index >= 15 is 0 Å². The van der Waals surface area contributed by atoms with E-state index in [1.807, 2.05) is 18.2 Å². The first-order valence-corrected chi connectivity index (χ1v) is 14.9. The van der Waals surface area contributed by atoms with E-state index in [0.717, 1.165) is 10.3 Å². The van der Waals surface area contributed by atoms with E-state index < -0.39 is 27.8 Å². The molecule has 0 aliphatic heterocycles. The molecule has 0 fully saturated rings. The fourth-order valence-electron chi connectivity index (χ4n) is 3.84. The molecular formula is C29H30N4O5S2. The topological polar surface area (TPSA) is 130 Å². The van der Waals surface area contributed by atoms with Crippen LogP contribution in [0.5, 0.6) is 5.75 Å². The number of ether oxygens (including phenoxy) is 2. The van der Waals surface area contributed by atoms with Crippen LogP contribution in [-0.2, 0) is 21.2 Å². The highest BCUT2D eigenvalue weighted by Crippen LogP contribution is 2.32. The molecule has 3 aromatic carbocycles. The number of benzene rings is 3. The van der Waals surface area contributed by atoms with Gasteiger partial charge in [0.05, 0.1) is 39.3 Å². The molecule has 1 unspecified atom stereocenters. The molecule has 40 heavy (non-hydrogen) atoms. The molecule has 208 valence electrons. The summed E-state index contributed by atoms with van der Waals surface area (Å²) in [5.74, 6) is 0.594. The molecule has 0 bridgehead atoms. The van der Waals surface area contributed by atoms with E-state index in [0.29, 0.717) is 28.3 Å². The Morgan fingerprint density at radius 2 is 1.85 bits per heavy atom. The maximum atomic E-state index is 13.2. The molecule has 0 radical (unpaired) electrons. The van der Waals surface area contributed by atoms with Crippen LogP contribution >= 0.6 is 11.3 Å². The molecule has 1 aromatic heterocycles. The molecule has 11 heteroatoms. The summed E-state index contributed by atoms with van der Waals surface area (Å²) in [6.45, 7) is 5.89. The highest BCUT2D eigenvalue weighted by Gasteiger charge is 2.25. The van der Waals surface area contributed by atoms with Gasteiger partial charge < -0.3 is 14.8 Å². The summed E-state index contributed by atoms with van der Waals surface area (Å²) in [7, 11) is -3.84. The van der Waals surface area contributed by atoms with E-state index in [-0.39, 0.29) is 18.0 Å². The number of hydrogen-bond acceptors (Lipinski definition) is 8. The molecule has 0 saturated heterocycles. The zero-order valence-electron chi connectivity index (χ0n) is 22.4. The minimum Gasteiger partial charge on any atom is -0.492 e. The van der Waals surface area contributed by atoms with Crippen LogP contribution in [0.1, 0.15) is 42.9 Å². The van der Waals surface area contributed by atoms with Gasteiger partial charge in [-0.25, -0.2) is 22.9 Å². The van der Waals surface area contributed by atoms with Gasteiger partial charge in [-0.3, -0.25) is 0 Å². The molecule has 2 N–H and O–H groups in total. The zero-order chi connectivity index (χ0) is 28.8. The summed E-state index contributed by atoms with van der Waals surface area (Å²) < 4.78 is 41.1. The number of thiazole rings is 1. The third-order valence-corrected chi connectivity index (χ3v) is 8.18. The predicted octanol–water partition coefficient (Wildman–Crippen LogP) is 5.33. The molecule has 0 saturated carbocycles. The lowest BCUT2D eigenvalue weighted by Gasteiger charge is -2.19. The van der Waals surface area contributed by atoms with E-state index in [9.17, 15) is 18.5 Å². The molecule has 0 spiro atoms. The number of nitriles is 1. The first kappa shape index (κ1) is 29.0. The van der Waals surface area contributed by atoms with Gasteiger partial charge >= 0.3 is 6.09 Å². The lowest BCUT2D eigenvalue weighted by Crippen LogP contribution is -2.34. The highest BCUT2D eigenvalue weighted by molar-refractivity contribution is 7.89. The molecule has 9 nitrogen and oxygen atoms in total. The van der Waals surface area contributed by atoms with Crippen LogP contribution in [0.25, 0.3) is 10.2 Å². The second-order valence-electron chi connectivity index (χ2n) is 9.96. The van der Waals surface area contributed by atoms with Crippen molar-refractivity contribution >= 4 is 37.7 Å². The Bertz CT molecular complexity index is 1620. The van der Waals surface area contributed by atoms with Crippen molar-refractivity contribution in [3.05, 3.63) is 88.9 Å². The molecule has 0 aliphatic rings. The number of carbonyl (C=O) groups is 1. The maximum Gasteiger partial charge on any atom is 0.407 e. The lowest BCUT2D eigenvalue weighted by molar-refractivity contribution is 0.0520. The van der Waals surface area contributed by atoms with Crippen molar-refractivity contribution < 1.29 is 22.7 Å².